The van der Waals surface area contributed by atoms with Crippen molar-refractivity contribution in [2.75, 3.05) is 25.0 Å². The molecule has 1 fully saturated rings. The third-order valence-electron chi connectivity index (χ3n) is 7.02. The lowest BCUT2D eigenvalue weighted by molar-refractivity contribution is -0.137. The summed E-state index contributed by atoms with van der Waals surface area (Å²) in [5.74, 6) is 2.00. The van der Waals surface area contributed by atoms with E-state index in [9.17, 15) is 13.2 Å². The molecule has 0 saturated carbocycles. The fraction of sp³-hybridized carbons (Fsp3) is 0.345. The molecule has 5 rings (SSSR count). The average molecular weight is 540 g/mol. The van der Waals surface area contributed by atoms with Crippen LogP contribution in [-0.2, 0) is 19.1 Å². The van der Waals surface area contributed by atoms with Crippen LogP contribution in [0.5, 0.6) is 0 Å². The lowest BCUT2D eigenvalue weighted by Gasteiger charge is -2.29. The molecule has 2 aromatic carbocycles. The van der Waals surface area contributed by atoms with Gasteiger partial charge in [0.1, 0.15) is 11.6 Å². The second-order valence-corrected chi connectivity index (χ2v) is 10.3. The summed E-state index contributed by atoms with van der Waals surface area (Å²) in [6, 6.07) is 15.1. The molecule has 2 aromatic heterocycles. The number of fused-ring (bicyclic) bond motifs is 1. The Morgan fingerprint density at radius 1 is 1.03 bits per heavy atom. The number of hydrogen-bond donors (Lipinski definition) is 1. The largest absolute Gasteiger partial charge is 0.418 e. The SMILES string of the molecule is CC1CCN(Cc2nc(NCCc3ccccc3Cl)c3ccc(-c4ncccc4C(F)(F)F)cc3n2)CC1. The maximum absolute atomic E-state index is 13.7. The predicted molar refractivity (Wildman–Crippen MR) is 145 cm³/mol. The van der Waals surface area contributed by atoms with Gasteiger partial charge in [0, 0.05) is 28.7 Å². The molecule has 1 aliphatic heterocycles. The average Bonchev–Trinajstić information content (AvgIpc) is 2.90. The Balaban J connectivity index is 1.49. The van der Waals surface area contributed by atoms with Crippen LogP contribution in [0.15, 0.2) is 60.8 Å². The van der Waals surface area contributed by atoms with Crippen LogP contribution >= 0.6 is 11.6 Å². The number of nitrogens with zero attached hydrogens (tertiary/aromatic N) is 4. The Morgan fingerprint density at radius 3 is 2.58 bits per heavy atom. The van der Waals surface area contributed by atoms with Crippen LogP contribution in [0.1, 0.15) is 36.7 Å². The van der Waals surface area contributed by atoms with Crippen LogP contribution in [0.25, 0.3) is 22.2 Å². The van der Waals surface area contributed by atoms with Gasteiger partial charge in [0.25, 0.3) is 0 Å². The van der Waals surface area contributed by atoms with Crippen molar-refractivity contribution in [3.63, 3.8) is 0 Å². The Kier molecular flexibility index (Phi) is 7.81. The minimum Gasteiger partial charge on any atom is -0.369 e. The number of pyridine rings is 1. The number of nitrogens with one attached hydrogen (secondary N) is 1. The Hall–Kier alpha value is -3.23. The van der Waals surface area contributed by atoms with Crippen molar-refractivity contribution < 1.29 is 13.2 Å². The van der Waals surface area contributed by atoms with Crippen molar-refractivity contribution in [2.24, 2.45) is 5.92 Å². The van der Waals surface area contributed by atoms with Crippen LogP contribution in [0.4, 0.5) is 19.0 Å². The van der Waals surface area contributed by atoms with E-state index < -0.39 is 11.7 Å². The molecule has 0 amide bonds. The zero-order valence-electron chi connectivity index (χ0n) is 21.1. The van der Waals surface area contributed by atoms with Crippen molar-refractivity contribution in [2.45, 2.75) is 38.9 Å². The summed E-state index contributed by atoms with van der Waals surface area (Å²) < 4.78 is 41.0. The summed E-state index contributed by atoms with van der Waals surface area (Å²) in [5, 5.41) is 4.87. The van der Waals surface area contributed by atoms with E-state index in [1.165, 1.54) is 12.3 Å². The van der Waals surface area contributed by atoms with E-state index in [0.717, 1.165) is 42.9 Å². The summed E-state index contributed by atoms with van der Waals surface area (Å²) in [6.45, 7) is 5.39. The zero-order valence-corrected chi connectivity index (χ0v) is 21.9. The summed E-state index contributed by atoms with van der Waals surface area (Å²) in [7, 11) is 0. The van der Waals surface area contributed by atoms with Gasteiger partial charge in [0.15, 0.2) is 0 Å². The highest BCUT2D eigenvalue weighted by Gasteiger charge is 2.34. The number of likely N-dealkylation sites (tertiary alicyclic amines) is 1. The van der Waals surface area contributed by atoms with Gasteiger partial charge in [-0.05, 0) is 74.2 Å². The highest BCUT2D eigenvalue weighted by atomic mass is 35.5. The van der Waals surface area contributed by atoms with E-state index in [2.05, 4.69) is 22.1 Å². The van der Waals surface area contributed by atoms with Gasteiger partial charge in [-0.25, -0.2) is 9.97 Å². The number of benzene rings is 2. The van der Waals surface area contributed by atoms with Gasteiger partial charge in [-0.15, -0.1) is 0 Å². The molecule has 1 aliphatic rings. The quantitative estimate of drug-likeness (QED) is 0.268. The summed E-state index contributed by atoms with van der Waals surface area (Å²) >= 11 is 6.32. The van der Waals surface area contributed by atoms with Gasteiger partial charge in [-0.1, -0.05) is 42.8 Å². The normalized spacial score (nSPS) is 15.2. The molecular formula is C29H29ClF3N5. The molecule has 0 atom stereocenters. The second-order valence-electron chi connectivity index (χ2n) is 9.84. The van der Waals surface area contributed by atoms with Crippen LogP contribution in [0, 0.1) is 5.92 Å². The van der Waals surface area contributed by atoms with Gasteiger partial charge in [0.05, 0.1) is 23.3 Å². The maximum atomic E-state index is 13.7. The van der Waals surface area contributed by atoms with E-state index in [1.807, 2.05) is 24.3 Å². The number of anilines is 1. The fourth-order valence-electron chi connectivity index (χ4n) is 4.83. The van der Waals surface area contributed by atoms with Crippen LogP contribution in [0.3, 0.4) is 0 Å². The first-order valence-corrected chi connectivity index (χ1v) is 13.2. The smallest absolute Gasteiger partial charge is 0.369 e. The van der Waals surface area contributed by atoms with Gasteiger partial charge < -0.3 is 5.32 Å². The molecule has 0 spiro atoms. The molecule has 1 saturated heterocycles. The van der Waals surface area contributed by atoms with E-state index in [-0.39, 0.29) is 5.69 Å². The maximum Gasteiger partial charge on any atom is 0.418 e. The van der Waals surface area contributed by atoms with E-state index >= 15 is 0 Å². The van der Waals surface area contributed by atoms with Crippen molar-refractivity contribution in [1.82, 2.24) is 19.9 Å². The number of piperidine rings is 1. The molecule has 0 aliphatic carbocycles. The number of halogens is 4. The third kappa shape index (κ3) is 6.08. The molecule has 3 heterocycles. The minimum atomic E-state index is -4.51. The predicted octanol–water partition coefficient (Wildman–Crippen LogP) is 7.25. The number of hydrogen-bond acceptors (Lipinski definition) is 5. The second kappa shape index (κ2) is 11.3. The summed E-state index contributed by atoms with van der Waals surface area (Å²) in [6.07, 6.45) is -0.182. The van der Waals surface area contributed by atoms with Gasteiger partial charge in [-0.2, -0.15) is 13.2 Å². The third-order valence-corrected chi connectivity index (χ3v) is 7.38. The Labute approximate surface area is 225 Å². The highest BCUT2D eigenvalue weighted by molar-refractivity contribution is 6.31. The first-order chi connectivity index (χ1) is 18.3. The van der Waals surface area contributed by atoms with Gasteiger partial charge in [-0.3, -0.25) is 9.88 Å². The first kappa shape index (κ1) is 26.4. The van der Waals surface area contributed by atoms with Gasteiger partial charge >= 0.3 is 6.18 Å². The number of alkyl halides is 3. The summed E-state index contributed by atoms with van der Waals surface area (Å²) in [4.78, 5) is 16.0. The molecular weight excluding hydrogens is 511 g/mol. The lowest BCUT2D eigenvalue weighted by atomic mass is 9.99. The molecule has 1 N–H and O–H groups in total. The Morgan fingerprint density at radius 2 is 1.82 bits per heavy atom. The Bertz CT molecular complexity index is 1420. The molecule has 0 unspecified atom stereocenters. The van der Waals surface area contributed by atoms with Crippen molar-refractivity contribution in [3.05, 3.63) is 82.8 Å². The van der Waals surface area contributed by atoms with Crippen LogP contribution < -0.4 is 5.32 Å². The fourth-order valence-corrected chi connectivity index (χ4v) is 5.06. The number of aromatic nitrogens is 3. The summed E-state index contributed by atoms with van der Waals surface area (Å²) in [5.41, 5.74) is 1.09. The molecule has 0 radical (unpaired) electrons. The van der Waals surface area contributed by atoms with E-state index in [0.29, 0.717) is 53.2 Å². The minimum absolute atomic E-state index is 0.111. The first-order valence-electron chi connectivity index (χ1n) is 12.8. The monoisotopic (exact) mass is 539 g/mol. The molecule has 9 heteroatoms. The molecule has 38 heavy (non-hydrogen) atoms. The highest BCUT2D eigenvalue weighted by Crippen LogP contribution is 2.37. The zero-order chi connectivity index (χ0) is 26.7. The van der Waals surface area contributed by atoms with Crippen molar-refractivity contribution in [3.8, 4) is 11.3 Å². The van der Waals surface area contributed by atoms with Gasteiger partial charge in [0.2, 0.25) is 0 Å². The van der Waals surface area contributed by atoms with Crippen molar-refractivity contribution in [1.29, 1.82) is 0 Å². The topological polar surface area (TPSA) is 53.9 Å². The molecule has 4 aromatic rings. The lowest BCUT2D eigenvalue weighted by Crippen LogP contribution is -2.33. The molecule has 198 valence electrons. The van der Waals surface area contributed by atoms with Crippen molar-refractivity contribution >= 4 is 28.3 Å². The molecule has 0 bridgehead atoms. The van der Waals surface area contributed by atoms with Crippen LogP contribution in [-0.4, -0.2) is 39.5 Å². The molecule has 5 nitrogen and oxygen atoms in total. The van der Waals surface area contributed by atoms with E-state index in [1.54, 1.807) is 18.2 Å². The number of rotatable bonds is 7. The standard InChI is InChI=1S/C29H29ClF3N5/c1-19-11-15-38(16-12-19)18-26-36-25-17-21(27-23(29(31,32)33)6-4-13-34-27)8-9-22(25)28(37-26)35-14-10-20-5-2-3-7-24(20)30/h2-9,13,17,19H,10-12,14-16,18H2,1H3,(H,35,36,37). The van der Waals surface area contributed by atoms with E-state index in [4.69, 9.17) is 21.6 Å². The van der Waals surface area contributed by atoms with Crippen LogP contribution in [0.2, 0.25) is 5.02 Å².